The molecule has 5 heteroatoms. The van der Waals surface area contributed by atoms with Gasteiger partial charge >= 0.3 is 0 Å². The van der Waals surface area contributed by atoms with Crippen molar-refractivity contribution in [2.24, 2.45) is 5.92 Å². The maximum Gasteiger partial charge on any atom is 0.246 e. The van der Waals surface area contributed by atoms with Gasteiger partial charge in [-0.2, -0.15) is 0 Å². The van der Waals surface area contributed by atoms with Crippen LogP contribution in [0.4, 0.5) is 0 Å². The van der Waals surface area contributed by atoms with E-state index in [-0.39, 0.29) is 28.9 Å². The molecule has 0 spiro atoms. The maximum absolute atomic E-state index is 13.7. The smallest absolute Gasteiger partial charge is 0.246 e. The molecule has 2 aliphatic heterocycles. The van der Waals surface area contributed by atoms with Crippen LogP contribution in [0.25, 0.3) is 6.08 Å². The quantitative estimate of drug-likeness (QED) is 0.599. The highest BCUT2D eigenvalue weighted by molar-refractivity contribution is 5.92. The fraction of sp³-hybridized carbons (Fsp3) is 0.643. The number of nitrogens with zero attached hydrogens (tertiary/aromatic N) is 2. The Labute approximate surface area is 200 Å². The molecule has 182 valence electrons. The van der Waals surface area contributed by atoms with Gasteiger partial charge in [0.1, 0.15) is 0 Å². The minimum absolute atomic E-state index is 0.0119. The predicted octanol–water partition coefficient (Wildman–Crippen LogP) is 4.88. The van der Waals surface area contributed by atoms with Crippen LogP contribution in [0.3, 0.4) is 0 Å². The van der Waals surface area contributed by atoms with E-state index in [1.165, 1.54) is 0 Å². The van der Waals surface area contributed by atoms with Gasteiger partial charge in [0.05, 0.1) is 0 Å². The van der Waals surface area contributed by atoms with Gasteiger partial charge in [-0.25, -0.2) is 0 Å². The molecule has 5 nitrogen and oxygen atoms in total. The van der Waals surface area contributed by atoms with Crippen LogP contribution in [-0.4, -0.2) is 58.4 Å². The van der Waals surface area contributed by atoms with Gasteiger partial charge in [0.25, 0.3) is 0 Å². The maximum atomic E-state index is 13.7. The third kappa shape index (κ3) is 7.17. The number of carbonyl (C=O) groups is 2. The number of carbonyl (C=O) groups excluding carboxylic acids is 2. The van der Waals surface area contributed by atoms with Crippen LogP contribution in [-0.2, 0) is 9.59 Å². The van der Waals surface area contributed by atoms with Crippen LogP contribution in [0, 0.1) is 5.92 Å². The fourth-order valence-corrected chi connectivity index (χ4v) is 5.71. The lowest BCUT2D eigenvalue weighted by atomic mass is 9.78. The molecule has 33 heavy (non-hydrogen) atoms. The van der Waals surface area contributed by atoms with Gasteiger partial charge in [-0.05, 0) is 71.4 Å². The zero-order valence-corrected chi connectivity index (χ0v) is 21.3. The minimum Gasteiger partial charge on any atom is -0.339 e. The third-order valence-electron chi connectivity index (χ3n) is 7.02. The molecule has 0 bridgehead atoms. The molecule has 3 rings (SSSR count). The Kier molecular flexibility index (Phi) is 8.38. The highest BCUT2D eigenvalue weighted by Gasteiger charge is 2.42. The molecule has 2 amide bonds. The average Bonchev–Trinajstić information content (AvgIpc) is 2.76. The Bertz CT molecular complexity index is 807. The van der Waals surface area contributed by atoms with E-state index in [1.54, 1.807) is 6.08 Å². The van der Waals surface area contributed by atoms with Crippen molar-refractivity contribution in [2.75, 3.05) is 19.6 Å². The first-order chi connectivity index (χ1) is 15.6. The third-order valence-corrected chi connectivity index (χ3v) is 7.02. The SMILES string of the molecule is CCCCN(C(=O)C1CCN(C(=O)/C=C/c2ccccc2)CC1)C1CC(C)(C)NC(C)(C)C1. The summed E-state index contributed by atoms with van der Waals surface area (Å²) in [6.45, 7) is 13.3. The zero-order valence-electron chi connectivity index (χ0n) is 21.3. The Morgan fingerprint density at radius 1 is 1.06 bits per heavy atom. The lowest BCUT2D eigenvalue weighted by Crippen LogP contribution is -2.63. The van der Waals surface area contributed by atoms with E-state index in [0.29, 0.717) is 19.0 Å². The van der Waals surface area contributed by atoms with Crippen LogP contribution in [0.1, 0.15) is 78.7 Å². The number of nitrogens with one attached hydrogen (secondary N) is 1. The summed E-state index contributed by atoms with van der Waals surface area (Å²) in [4.78, 5) is 30.4. The van der Waals surface area contributed by atoms with Gasteiger partial charge in [-0.15, -0.1) is 0 Å². The highest BCUT2D eigenvalue weighted by Crippen LogP contribution is 2.33. The molecule has 0 atom stereocenters. The summed E-state index contributed by atoms with van der Waals surface area (Å²) in [5.41, 5.74) is 1.05. The van der Waals surface area contributed by atoms with Crippen LogP contribution in [0.5, 0.6) is 0 Å². The first kappa shape index (κ1) is 25.5. The van der Waals surface area contributed by atoms with Crippen molar-refractivity contribution in [2.45, 2.75) is 90.3 Å². The van der Waals surface area contributed by atoms with Crippen molar-refractivity contribution in [1.82, 2.24) is 15.1 Å². The summed E-state index contributed by atoms with van der Waals surface area (Å²) in [6, 6.07) is 10.2. The number of hydrogen-bond acceptors (Lipinski definition) is 3. The highest BCUT2D eigenvalue weighted by atomic mass is 16.2. The number of benzene rings is 1. The van der Waals surface area contributed by atoms with Crippen molar-refractivity contribution in [3.63, 3.8) is 0 Å². The lowest BCUT2D eigenvalue weighted by Gasteiger charge is -2.50. The Hall–Kier alpha value is -2.14. The molecule has 2 heterocycles. The largest absolute Gasteiger partial charge is 0.339 e. The Morgan fingerprint density at radius 3 is 2.24 bits per heavy atom. The summed E-state index contributed by atoms with van der Waals surface area (Å²) < 4.78 is 0. The van der Waals surface area contributed by atoms with E-state index in [0.717, 1.165) is 50.6 Å². The predicted molar refractivity (Wildman–Crippen MR) is 136 cm³/mol. The van der Waals surface area contributed by atoms with E-state index in [9.17, 15) is 9.59 Å². The van der Waals surface area contributed by atoms with Gasteiger partial charge in [0.2, 0.25) is 11.8 Å². The van der Waals surface area contributed by atoms with E-state index < -0.39 is 0 Å². The molecule has 0 saturated carbocycles. The Morgan fingerprint density at radius 2 is 1.67 bits per heavy atom. The number of amides is 2. The fourth-order valence-electron chi connectivity index (χ4n) is 5.71. The molecule has 1 aromatic carbocycles. The first-order valence-electron chi connectivity index (χ1n) is 12.7. The van der Waals surface area contributed by atoms with Crippen LogP contribution < -0.4 is 5.32 Å². The molecule has 2 aliphatic rings. The van der Waals surface area contributed by atoms with Crippen LogP contribution in [0.15, 0.2) is 36.4 Å². The van der Waals surface area contributed by atoms with E-state index >= 15 is 0 Å². The topological polar surface area (TPSA) is 52.7 Å². The van der Waals surface area contributed by atoms with E-state index in [1.807, 2.05) is 41.3 Å². The van der Waals surface area contributed by atoms with Crippen molar-refractivity contribution < 1.29 is 9.59 Å². The molecule has 0 unspecified atom stereocenters. The van der Waals surface area contributed by atoms with Gasteiger partial charge < -0.3 is 15.1 Å². The summed E-state index contributed by atoms with van der Waals surface area (Å²) in [5.74, 6) is 0.355. The minimum atomic E-state index is 0.0119. The number of rotatable bonds is 7. The molecule has 1 N–H and O–H groups in total. The second-order valence-corrected chi connectivity index (χ2v) is 11.2. The lowest BCUT2D eigenvalue weighted by molar-refractivity contribution is -0.143. The summed E-state index contributed by atoms with van der Waals surface area (Å²) >= 11 is 0. The molecule has 0 radical (unpaired) electrons. The second-order valence-electron chi connectivity index (χ2n) is 11.2. The summed E-state index contributed by atoms with van der Waals surface area (Å²) in [7, 11) is 0. The summed E-state index contributed by atoms with van der Waals surface area (Å²) in [5, 5.41) is 3.74. The molecular formula is C28H43N3O2. The van der Waals surface area contributed by atoms with Gasteiger partial charge in [-0.3, -0.25) is 9.59 Å². The summed E-state index contributed by atoms with van der Waals surface area (Å²) in [6.07, 6.45) is 9.12. The van der Waals surface area contributed by atoms with E-state index in [4.69, 9.17) is 0 Å². The molecule has 2 fully saturated rings. The van der Waals surface area contributed by atoms with Crippen molar-refractivity contribution in [1.29, 1.82) is 0 Å². The Balaban J connectivity index is 1.61. The zero-order chi connectivity index (χ0) is 24.1. The number of piperidine rings is 2. The molecular weight excluding hydrogens is 410 g/mol. The number of unbranched alkanes of at least 4 members (excludes halogenated alkanes) is 1. The second kappa shape index (κ2) is 10.9. The van der Waals surface area contributed by atoms with Gasteiger partial charge in [0.15, 0.2) is 0 Å². The number of hydrogen-bond donors (Lipinski definition) is 1. The monoisotopic (exact) mass is 453 g/mol. The van der Waals surface area contributed by atoms with Crippen LogP contribution >= 0.6 is 0 Å². The van der Waals surface area contributed by atoms with Crippen molar-refractivity contribution in [3.05, 3.63) is 42.0 Å². The molecule has 0 aliphatic carbocycles. The molecule has 2 saturated heterocycles. The molecule has 0 aromatic heterocycles. The van der Waals surface area contributed by atoms with Gasteiger partial charge in [-0.1, -0.05) is 43.7 Å². The van der Waals surface area contributed by atoms with Crippen molar-refractivity contribution in [3.8, 4) is 0 Å². The van der Waals surface area contributed by atoms with Crippen molar-refractivity contribution >= 4 is 17.9 Å². The average molecular weight is 454 g/mol. The molecule has 1 aromatic rings. The van der Waals surface area contributed by atoms with E-state index in [2.05, 4.69) is 44.8 Å². The number of likely N-dealkylation sites (tertiary alicyclic amines) is 1. The van der Waals surface area contributed by atoms with Crippen LogP contribution in [0.2, 0.25) is 0 Å². The normalized spacial score (nSPS) is 21.3. The first-order valence-corrected chi connectivity index (χ1v) is 12.7. The van der Waals surface area contributed by atoms with Gasteiger partial charge in [0, 0.05) is 48.7 Å². The standard InChI is InChI=1S/C28H43N3O2/c1-6-7-17-31(24-20-27(2,3)29-28(4,5)21-24)26(33)23-15-18-30(19-16-23)25(32)14-13-22-11-9-8-10-12-22/h8-14,23-24,29H,6-7,15-21H2,1-5H3/b14-13+.